The number of piperidine rings is 1. The number of nitrogens with one attached hydrogen (secondary N) is 1. The molecular weight excluding hydrogens is 396 g/mol. The summed E-state index contributed by atoms with van der Waals surface area (Å²) in [5.74, 6) is 0.00173. The molecule has 30 heavy (non-hydrogen) atoms. The lowest BCUT2D eigenvalue weighted by Crippen LogP contribution is -2.47. The molecule has 1 atom stereocenters. The highest BCUT2D eigenvalue weighted by Gasteiger charge is 2.28. The number of ketones is 1. The lowest BCUT2D eigenvalue weighted by Gasteiger charge is -2.34. The summed E-state index contributed by atoms with van der Waals surface area (Å²) in [6, 6.07) is 13.7. The molecule has 1 unspecified atom stereocenters. The maximum absolute atomic E-state index is 13.0. The molecule has 3 rings (SSSR count). The van der Waals surface area contributed by atoms with Crippen molar-refractivity contribution in [2.24, 2.45) is 0 Å². The molecule has 0 saturated carbocycles. The van der Waals surface area contributed by atoms with E-state index in [1.165, 1.54) is 11.3 Å². The molecule has 0 spiro atoms. The largest absolute Gasteiger partial charge is 0.353 e. The molecule has 1 N–H and O–H groups in total. The van der Waals surface area contributed by atoms with Crippen LogP contribution in [-0.2, 0) is 9.59 Å². The van der Waals surface area contributed by atoms with E-state index in [1.54, 1.807) is 0 Å². The highest BCUT2D eigenvalue weighted by Crippen LogP contribution is 2.24. The second-order valence-corrected chi connectivity index (χ2v) is 9.16. The Morgan fingerprint density at radius 2 is 1.77 bits per heavy atom. The first-order valence-corrected chi connectivity index (χ1v) is 11.5. The Bertz CT molecular complexity index is 870. The fourth-order valence-electron chi connectivity index (χ4n) is 3.94. The Morgan fingerprint density at radius 3 is 2.37 bits per heavy atom. The van der Waals surface area contributed by atoms with Crippen LogP contribution in [0.4, 0.5) is 0 Å². The van der Waals surface area contributed by atoms with Crippen LogP contribution in [0.1, 0.15) is 65.1 Å². The zero-order valence-electron chi connectivity index (χ0n) is 17.7. The summed E-state index contributed by atoms with van der Waals surface area (Å²) in [5.41, 5.74) is 1.06. The van der Waals surface area contributed by atoms with E-state index >= 15 is 0 Å². The minimum Gasteiger partial charge on any atom is -0.353 e. The van der Waals surface area contributed by atoms with Gasteiger partial charge in [0.05, 0.1) is 10.8 Å². The first-order valence-electron chi connectivity index (χ1n) is 10.7. The second kappa shape index (κ2) is 10.5. The molecule has 2 heterocycles. The SMILES string of the molecule is CCC(C(=O)N1CCC(NC(=O)CCC(=O)c2ccc(C)s2)CC1)c1ccccc1. The average molecular weight is 427 g/mol. The van der Waals surface area contributed by atoms with E-state index in [-0.39, 0.29) is 42.4 Å². The molecule has 5 nitrogen and oxygen atoms in total. The van der Waals surface area contributed by atoms with Crippen LogP contribution in [0.5, 0.6) is 0 Å². The fourth-order valence-corrected chi connectivity index (χ4v) is 4.77. The quantitative estimate of drug-likeness (QED) is 0.639. The summed E-state index contributed by atoms with van der Waals surface area (Å²) in [5, 5.41) is 3.04. The van der Waals surface area contributed by atoms with Crippen LogP contribution in [0.3, 0.4) is 0 Å². The van der Waals surface area contributed by atoms with Crippen molar-refractivity contribution in [1.82, 2.24) is 10.2 Å². The zero-order valence-corrected chi connectivity index (χ0v) is 18.5. The number of thiophene rings is 1. The van der Waals surface area contributed by atoms with Crippen LogP contribution in [-0.4, -0.2) is 41.6 Å². The molecule has 0 aliphatic carbocycles. The van der Waals surface area contributed by atoms with Crippen molar-refractivity contribution in [1.29, 1.82) is 0 Å². The molecule has 1 fully saturated rings. The van der Waals surface area contributed by atoms with Gasteiger partial charge in [-0.3, -0.25) is 14.4 Å². The second-order valence-electron chi connectivity index (χ2n) is 7.87. The molecule has 0 radical (unpaired) electrons. The van der Waals surface area contributed by atoms with E-state index in [2.05, 4.69) is 5.32 Å². The maximum Gasteiger partial charge on any atom is 0.230 e. The number of carbonyl (C=O) groups is 3. The summed E-state index contributed by atoms with van der Waals surface area (Å²) in [7, 11) is 0. The summed E-state index contributed by atoms with van der Waals surface area (Å²) < 4.78 is 0. The Labute approximate surface area is 182 Å². The number of carbonyl (C=O) groups excluding carboxylic acids is 3. The van der Waals surface area contributed by atoms with Crippen LogP contribution < -0.4 is 5.32 Å². The fraction of sp³-hybridized carbons (Fsp3) is 0.458. The zero-order chi connectivity index (χ0) is 21.5. The van der Waals surface area contributed by atoms with Gasteiger partial charge in [0.2, 0.25) is 11.8 Å². The van der Waals surface area contributed by atoms with Crippen LogP contribution in [0, 0.1) is 6.92 Å². The minimum atomic E-state index is -0.107. The molecule has 2 amide bonds. The Balaban J connectivity index is 1.43. The standard InChI is InChI=1S/C24H30N2O3S/c1-3-20(18-7-5-4-6-8-18)24(29)26-15-13-19(14-16-26)25-23(28)12-10-21(27)22-11-9-17(2)30-22/h4-9,11,19-20H,3,10,12-16H2,1-2H3,(H,25,28). The lowest BCUT2D eigenvalue weighted by molar-refractivity contribution is -0.134. The normalized spacial score (nSPS) is 15.6. The van der Waals surface area contributed by atoms with Crippen molar-refractivity contribution in [2.75, 3.05) is 13.1 Å². The topological polar surface area (TPSA) is 66.5 Å². The van der Waals surface area contributed by atoms with Crippen LogP contribution >= 0.6 is 11.3 Å². The third-order valence-electron chi connectivity index (χ3n) is 5.67. The highest BCUT2D eigenvalue weighted by molar-refractivity contribution is 7.14. The Kier molecular flexibility index (Phi) is 7.80. The number of rotatable bonds is 8. The first-order chi connectivity index (χ1) is 14.5. The van der Waals surface area contributed by atoms with E-state index in [4.69, 9.17) is 0 Å². The van der Waals surface area contributed by atoms with Gasteiger partial charge in [0.25, 0.3) is 0 Å². The average Bonchev–Trinajstić information content (AvgIpc) is 3.20. The number of benzene rings is 1. The van der Waals surface area contributed by atoms with Gasteiger partial charge in [-0.15, -0.1) is 11.3 Å². The number of Topliss-reactive ketones (excluding diaryl/α,β-unsaturated/α-hetero) is 1. The number of aryl methyl sites for hydroxylation is 1. The predicted molar refractivity (Wildman–Crippen MR) is 120 cm³/mol. The number of amides is 2. The molecule has 6 heteroatoms. The van der Waals surface area contributed by atoms with Crippen LogP contribution in [0.15, 0.2) is 42.5 Å². The smallest absolute Gasteiger partial charge is 0.230 e. The van der Waals surface area contributed by atoms with E-state index in [0.717, 1.165) is 34.6 Å². The van der Waals surface area contributed by atoms with Gasteiger partial charge in [-0.05, 0) is 43.9 Å². The van der Waals surface area contributed by atoms with E-state index in [1.807, 2.05) is 61.2 Å². The van der Waals surface area contributed by atoms with Crippen molar-refractivity contribution in [2.45, 2.75) is 57.9 Å². The molecule has 1 saturated heterocycles. The van der Waals surface area contributed by atoms with Gasteiger partial charge in [0, 0.05) is 36.9 Å². The summed E-state index contributed by atoms with van der Waals surface area (Å²) in [6.45, 7) is 5.32. The molecular formula is C24H30N2O3S. The molecule has 160 valence electrons. The highest BCUT2D eigenvalue weighted by atomic mass is 32.1. The third-order valence-corrected chi connectivity index (χ3v) is 6.72. The first kappa shape index (κ1) is 22.2. The van der Waals surface area contributed by atoms with Crippen molar-refractivity contribution >= 4 is 28.9 Å². The number of likely N-dealkylation sites (tertiary alicyclic amines) is 1. The van der Waals surface area contributed by atoms with Crippen LogP contribution in [0.2, 0.25) is 0 Å². The molecule has 1 aliphatic heterocycles. The third kappa shape index (κ3) is 5.79. The van der Waals surface area contributed by atoms with Crippen molar-refractivity contribution in [3.8, 4) is 0 Å². The summed E-state index contributed by atoms with van der Waals surface area (Å²) in [4.78, 5) is 41.1. The molecule has 1 aromatic heterocycles. The number of hydrogen-bond acceptors (Lipinski definition) is 4. The van der Waals surface area contributed by atoms with Crippen molar-refractivity contribution in [3.63, 3.8) is 0 Å². The van der Waals surface area contributed by atoms with Gasteiger partial charge in [0.1, 0.15) is 0 Å². The van der Waals surface area contributed by atoms with Gasteiger partial charge < -0.3 is 10.2 Å². The maximum atomic E-state index is 13.0. The van der Waals surface area contributed by atoms with Crippen molar-refractivity contribution < 1.29 is 14.4 Å². The number of nitrogens with zero attached hydrogens (tertiary/aromatic N) is 1. The monoisotopic (exact) mass is 426 g/mol. The predicted octanol–water partition coefficient (Wildman–Crippen LogP) is 4.32. The number of hydrogen-bond donors (Lipinski definition) is 1. The van der Waals surface area contributed by atoms with Crippen LogP contribution in [0.25, 0.3) is 0 Å². The van der Waals surface area contributed by atoms with Gasteiger partial charge in [-0.2, -0.15) is 0 Å². The van der Waals surface area contributed by atoms with E-state index in [9.17, 15) is 14.4 Å². The molecule has 0 bridgehead atoms. The molecule has 2 aromatic rings. The van der Waals surface area contributed by atoms with Gasteiger partial charge in [0.15, 0.2) is 5.78 Å². The van der Waals surface area contributed by atoms with Gasteiger partial charge >= 0.3 is 0 Å². The van der Waals surface area contributed by atoms with E-state index < -0.39 is 0 Å². The minimum absolute atomic E-state index is 0.0233. The Hall–Kier alpha value is -2.47. The lowest BCUT2D eigenvalue weighted by atomic mass is 9.93. The summed E-state index contributed by atoms with van der Waals surface area (Å²) in [6.07, 6.45) is 2.72. The van der Waals surface area contributed by atoms with Crippen molar-refractivity contribution in [3.05, 3.63) is 57.8 Å². The Morgan fingerprint density at radius 1 is 1.07 bits per heavy atom. The molecule has 1 aliphatic rings. The van der Waals surface area contributed by atoms with Gasteiger partial charge in [-0.1, -0.05) is 37.3 Å². The summed E-state index contributed by atoms with van der Waals surface area (Å²) >= 11 is 1.47. The van der Waals surface area contributed by atoms with Gasteiger partial charge in [-0.25, -0.2) is 0 Å². The van der Waals surface area contributed by atoms with E-state index in [0.29, 0.717) is 13.1 Å². The molecule has 1 aromatic carbocycles.